The van der Waals surface area contributed by atoms with Crippen LogP contribution in [0.3, 0.4) is 0 Å². The van der Waals surface area contributed by atoms with Crippen molar-refractivity contribution in [3.05, 3.63) is 48.0 Å². The average Bonchev–Trinajstić information content (AvgIpc) is 2.78. The molecule has 2 rings (SSSR count). The highest BCUT2D eigenvalue weighted by molar-refractivity contribution is 6.21. The van der Waals surface area contributed by atoms with E-state index in [1.807, 2.05) is 6.08 Å². The van der Waals surface area contributed by atoms with Crippen LogP contribution in [0.15, 0.2) is 36.9 Å². The molecule has 4 nitrogen and oxygen atoms in total. The van der Waals surface area contributed by atoms with Gasteiger partial charge in [0.15, 0.2) is 0 Å². The molecule has 1 aromatic rings. The summed E-state index contributed by atoms with van der Waals surface area (Å²) in [5.41, 5.74) is 1.07. The van der Waals surface area contributed by atoms with Gasteiger partial charge in [0.1, 0.15) is 0 Å². The monoisotopic (exact) mass is 315 g/mol. The molecular weight excluding hydrogens is 288 g/mol. The van der Waals surface area contributed by atoms with Gasteiger partial charge in [-0.05, 0) is 31.1 Å². The number of nitrogens with zero attached hydrogens (tertiary/aromatic N) is 2. The fourth-order valence-electron chi connectivity index (χ4n) is 3.59. The van der Waals surface area contributed by atoms with Gasteiger partial charge >= 0.3 is 0 Å². The van der Waals surface area contributed by atoms with Crippen LogP contribution in [-0.2, 0) is 0 Å². The van der Waals surface area contributed by atoms with Crippen LogP contribution in [0.4, 0.5) is 0 Å². The maximum Gasteiger partial charge on any atom is 0.261 e. The van der Waals surface area contributed by atoms with Crippen molar-refractivity contribution in [3.63, 3.8) is 0 Å². The second-order valence-electron chi connectivity index (χ2n) is 6.29. The molecule has 0 aromatic heterocycles. The van der Waals surface area contributed by atoms with Gasteiger partial charge in [-0.25, -0.2) is 0 Å². The van der Waals surface area contributed by atoms with Gasteiger partial charge in [0, 0.05) is 0 Å². The molecular formula is C19H27N2O2+. The van der Waals surface area contributed by atoms with E-state index in [4.69, 9.17) is 0 Å². The zero-order chi connectivity index (χ0) is 16.9. The number of rotatable bonds is 9. The fourth-order valence-corrected chi connectivity index (χ4v) is 3.59. The van der Waals surface area contributed by atoms with Crippen LogP contribution < -0.4 is 0 Å². The number of carbonyl (C=O) groups is 2. The van der Waals surface area contributed by atoms with Gasteiger partial charge in [0.2, 0.25) is 0 Å². The lowest BCUT2D eigenvalue weighted by Crippen LogP contribution is -2.53. The Bertz CT molecular complexity index is 554. The van der Waals surface area contributed by atoms with Crippen LogP contribution in [0.1, 0.15) is 47.4 Å². The first-order valence-corrected chi connectivity index (χ1v) is 8.49. The van der Waals surface area contributed by atoms with Crippen molar-refractivity contribution in [2.24, 2.45) is 0 Å². The van der Waals surface area contributed by atoms with Gasteiger partial charge in [-0.1, -0.05) is 32.6 Å². The average molecular weight is 315 g/mol. The van der Waals surface area contributed by atoms with Crippen LogP contribution in [0.2, 0.25) is 0 Å². The Morgan fingerprint density at radius 3 is 1.96 bits per heavy atom. The zero-order valence-electron chi connectivity index (χ0n) is 14.3. The van der Waals surface area contributed by atoms with E-state index in [9.17, 15) is 9.59 Å². The van der Waals surface area contributed by atoms with E-state index in [-0.39, 0.29) is 11.8 Å². The highest BCUT2D eigenvalue weighted by Gasteiger charge is 2.37. The molecule has 0 aliphatic carbocycles. The molecule has 0 spiro atoms. The van der Waals surface area contributed by atoms with Crippen molar-refractivity contribution in [1.82, 2.24) is 4.90 Å². The molecule has 0 bridgehead atoms. The Labute approximate surface area is 139 Å². The summed E-state index contributed by atoms with van der Waals surface area (Å²) in [7, 11) is 0. The molecule has 0 N–H and O–H groups in total. The highest BCUT2D eigenvalue weighted by atomic mass is 16.2. The lowest BCUT2D eigenvalue weighted by molar-refractivity contribution is -0.922. The topological polar surface area (TPSA) is 37.4 Å². The smallest absolute Gasteiger partial charge is 0.261 e. The molecule has 1 aliphatic heterocycles. The predicted octanol–water partition coefficient (Wildman–Crippen LogP) is 3.11. The minimum absolute atomic E-state index is 0.157. The number of hydrogen-bond acceptors (Lipinski definition) is 2. The van der Waals surface area contributed by atoms with Gasteiger partial charge in [0.05, 0.1) is 43.9 Å². The molecule has 23 heavy (non-hydrogen) atoms. The third kappa shape index (κ3) is 3.53. The lowest BCUT2D eigenvalue weighted by atomic mass is 10.1. The molecule has 2 amide bonds. The number of amides is 2. The summed E-state index contributed by atoms with van der Waals surface area (Å²) in [5.74, 6) is -0.314. The summed E-state index contributed by atoms with van der Waals surface area (Å²) in [5, 5.41) is 0. The van der Waals surface area contributed by atoms with Gasteiger partial charge in [-0.2, -0.15) is 0 Å². The van der Waals surface area contributed by atoms with Crippen molar-refractivity contribution >= 4 is 11.8 Å². The highest BCUT2D eigenvalue weighted by Crippen LogP contribution is 2.23. The normalized spacial score (nSPS) is 14.3. The summed E-state index contributed by atoms with van der Waals surface area (Å²) in [6, 6.07) is 7.08. The number of carbonyl (C=O) groups excluding carboxylic acids is 2. The number of fused-ring (bicyclic) bond motifs is 1. The van der Waals surface area contributed by atoms with E-state index in [0.717, 1.165) is 43.5 Å². The number of benzene rings is 1. The molecule has 0 atom stereocenters. The number of quaternary nitrogens is 1. The van der Waals surface area contributed by atoms with Crippen LogP contribution in [-0.4, -0.2) is 53.9 Å². The summed E-state index contributed by atoms with van der Waals surface area (Å²) in [4.78, 5) is 26.4. The van der Waals surface area contributed by atoms with Gasteiger partial charge in [-0.15, -0.1) is 0 Å². The molecule has 1 aromatic carbocycles. The lowest BCUT2D eigenvalue weighted by Gasteiger charge is -2.38. The fraction of sp³-hybridized carbons (Fsp3) is 0.474. The van der Waals surface area contributed by atoms with Crippen molar-refractivity contribution in [2.45, 2.75) is 26.7 Å². The minimum atomic E-state index is -0.157. The number of imide groups is 1. The third-order valence-corrected chi connectivity index (χ3v) is 4.59. The van der Waals surface area contributed by atoms with E-state index in [1.54, 1.807) is 24.3 Å². The minimum Gasteiger partial charge on any atom is -0.319 e. The van der Waals surface area contributed by atoms with Crippen molar-refractivity contribution in [3.8, 4) is 0 Å². The Balaban J connectivity index is 2.14. The molecule has 0 saturated heterocycles. The first-order chi connectivity index (χ1) is 11.1. The number of hydrogen-bond donors (Lipinski definition) is 0. The van der Waals surface area contributed by atoms with E-state index in [0.29, 0.717) is 17.7 Å². The first-order valence-electron chi connectivity index (χ1n) is 8.49. The quantitative estimate of drug-likeness (QED) is 0.399. The maximum absolute atomic E-state index is 12.5. The Kier molecular flexibility index (Phi) is 5.72. The molecule has 0 saturated carbocycles. The van der Waals surface area contributed by atoms with Crippen molar-refractivity contribution in [2.75, 3.05) is 32.7 Å². The molecule has 1 aliphatic rings. The summed E-state index contributed by atoms with van der Waals surface area (Å²) >= 11 is 0. The largest absolute Gasteiger partial charge is 0.319 e. The predicted molar refractivity (Wildman–Crippen MR) is 92.3 cm³/mol. The molecule has 0 fully saturated rings. The van der Waals surface area contributed by atoms with Crippen LogP contribution in [0.25, 0.3) is 0 Å². The second-order valence-corrected chi connectivity index (χ2v) is 6.29. The third-order valence-electron chi connectivity index (χ3n) is 4.59. The zero-order valence-corrected chi connectivity index (χ0v) is 14.3. The molecule has 0 radical (unpaired) electrons. The van der Waals surface area contributed by atoms with E-state index >= 15 is 0 Å². The first kappa shape index (κ1) is 17.4. The van der Waals surface area contributed by atoms with Gasteiger partial charge in [-0.3, -0.25) is 14.5 Å². The van der Waals surface area contributed by atoms with E-state index in [2.05, 4.69) is 20.4 Å². The Morgan fingerprint density at radius 2 is 1.52 bits per heavy atom. The molecule has 4 heteroatoms. The molecule has 0 unspecified atom stereocenters. The SMILES string of the molecule is C=CC[N+](CCC)(CCC)CCN1C(=O)c2ccccc2C1=O. The second kappa shape index (κ2) is 7.55. The van der Waals surface area contributed by atoms with Crippen LogP contribution >= 0.6 is 0 Å². The van der Waals surface area contributed by atoms with E-state index in [1.165, 1.54) is 4.90 Å². The summed E-state index contributed by atoms with van der Waals surface area (Å²) in [6.45, 7) is 12.5. The van der Waals surface area contributed by atoms with Gasteiger partial charge < -0.3 is 4.48 Å². The Hall–Kier alpha value is -1.94. The maximum atomic E-state index is 12.5. The Morgan fingerprint density at radius 1 is 1.00 bits per heavy atom. The van der Waals surface area contributed by atoms with Gasteiger partial charge in [0.25, 0.3) is 11.8 Å². The summed E-state index contributed by atoms with van der Waals surface area (Å²) in [6.07, 6.45) is 4.11. The summed E-state index contributed by atoms with van der Waals surface area (Å²) < 4.78 is 0.893. The van der Waals surface area contributed by atoms with Crippen molar-refractivity contribution < 1.29 is 14.1 Å². The molecule has 1 heterocycles. The molecule has 124 valence electrons. The van der Waals surface area contributed by atoms with Crippen molar-refractivity contribution in [1.29, 1.82) is 0 Å². The van der Waals surface area contributed by atoms with Crippen LogP contribution in [0, 0.1) is 0 Å². The van der Waals surface area contributed by atoms with Crippen LogP contribution in [0.5, 0.6) is 0 Å². The standard InChI is InChI=1S/C19H27N2O2/c1-4-12-21(13-5-2,14-6-3)15-11-20-18(22)16-9-7-8-10-17(16)19(20)23/h4,7-10H,1,5-6,11-15H2,2-3H3/q+1. The van der Waals surface area contributed by atoms with E-state index < -0.39 is 0 Å².